The molecule has 0 bridgehead atoms. The summed E-state index contributed by atoms with van der Waals surface area (Å²) in [5.74, 6) is -0.0419. The Morgan fingerprint density at radius 3 is 2.96 bits per heavy atom. The van der Waals surface area contributed by atoms with Crippen LogP contribution in [-0.2, 0) is 24.6 Å². The average molecular weight is 385 g/mol. The SMILES string of the molecule is CCOC(=O)CC1CSCC1(C(=O)OC)n1cnc2c(Cl)ncnc21. The van der Waals surface area contributed by atoms with Crippen LogP contribution in [0.15, 0.2) is 12.7 Å². The van der Waals surface area contributed by atoms with E-state index in [2.05, 4.69) is 15.0 Å². The minimum Gasteiger partial charge on any atom is -0.467 e. The maximum absolute atomic E-state index is 12.8. The first-order valence-corrected chi connectivity index (χ1v) is 9.23. The van der Waals surface area contributed by atoms with Gasteiger partial charge in [-0.05, 0) is 12.7 Å². The summed E-state index contributed by atoms with van der Waals surface area (Å²) in [6, 6.07) is 0. The van der Waals surface area contributed by atoms with E-state index in [0.717, 1.165) is 0 Å². The van der Waals surface area contributed by atoms with Crippen molar-refractivity contribution in [2.24, 2.45) is 5.92 Å². The zero-order valence-corrected chi connectivity index (χ0v) is 15.3. The van der Waals surface area contributed by atoms with Crippen LogP contribution in [0.25, 0.3) is 11.2 Å². The summed E-state index contributed by atoms with van der Waals surface area (Å²) in [5, 5.41) is 0.205. The van der Waals surface area contributed by atoms with Crippen molar-refractivity contribution < 1.29 is 19.1 Å². The zero-order chi connectivity index (χ0) is 18.0. The van der Waals surface area contributed by atoms with Crippen LogP contribution in [0.3, 0.4) is 0 Å². The van der Waals surface area contributed by atoms with E-state index in [0.29, 0.717) is 29.3 Å². The highest BCUT2D eigenvalue weighted by molar-refractivity contribution is 7.99. The van der Waals surface area contributed by atoms with Gasteiger partial charge in [0.05, 0.1) is 26.5 Å². The molecule has 0 aliphatic carbocycles. The maximum atomic E-state index is 12.8. The Bertz CT molecular complexity index is 814. The Hall–Kier alpha value is -1.87. The molecule has 1 aliphatic rings. The van der Waals surface area contributed by atoms with Crippen LogP contribution < -0.4 is 0 Å². The third-order valence-electron chi connectivity index (χ3n) is 4.29. The second kappa shape index (κ2) is 7.17. The van der Waals surface area contributed by atoms with Crippen molar-refractivity contribution in [3.8, 4) is 0 Å². The predicted molar refractivity (Wildman–Crippen MR) is 92.4 cm³/mol. The smallest absolute Gasteiger partial charge is 0.333 e. The molecule has 1 fully saturated rings. The van der Waals surface area contributed by atoms with E-state index < -0.39 is 11.5 Å². The summed E-state index contributed by atoms with van der Waals surface area (Å²) in [4.78, 5) is 37.2. The lowest BCUT2D eigenvalue weighted by Gasteiger charge is -2.33. The molecule has 1 aliphatic heterocycles. The van der Waals surface area contributed by atoms with E-state index >= 15 is 0 Å². The summed E-state index contributed by atoms with van der Waals surface area (Å²) in [6.45, 7) is 2.04. The van der Waals surface area contributed by atoms with Gasteiger partial charge in [-0.1, -0.05) is 11.6 Å². The minimum atomic E-state index is -1.10. The number of thioether (sulfide) groups is 1. The molecule has 3 rings (SSSR count). The lowest BCUT2D eigenvalue weighted by Crippen LogP contribution is -2.49. The first-order chi connectivity index (χ1) is 12.0. The van der Waals surface area contributed by atoms with Gasteiger partial charge in [-0.2, -0.15) is 11.8 Å². The quantitative estimate of drug-likeness (QED) is 0.567. The first-order valence-electron chi connectivity index (χ1n) is 7.70. The Labute approximate surface area is 153 Å². The summed E-state index contributed by atoms with van der Waals surface area (Å²) >= 11 is 7.65. The number of esters is 2. The number of imidazole rings is 1. The predicted octanol–water partition coefficient (Wildman–Crippen LogP) is 1.66. The normalized spacial score (nSPS) is 22.9. The van der Waals surface area contributed by atoms with Gasteiger partial charge in [0.15, 0.2) is 16.3 Å². The van der Waals surface area contributed by atoms with Crippen LogP contribution in [-0.4, -0.2) is 56.7 Å². The van der Waals surface area contributed by atoms with Crippen molar-refractivity contribution in [2.75, 3.05) is 25.2 Å². The van der Waals surface area contributed by atoms with Gasteiger partial charge in [-0.25, -0.2) is 19.7 Å². The zero-order valence-electron chi connectivity index (χ0n) is 13.8. The number of aromatic nitrogens is 4. The molecule has 3 heterocycles. The first kappa shape index (κ1) is 17.9. The van der Waals surface area contributed by atoms with Gasteiger partial charge in [-0.3, -0.25) is 9.36 Å². The molecule has 25 heavy (non-hydrogen) atoms. The lowest BCUT2D eigenvalue weighted by atomic mass is 9.84. The highest BCUT2D eigenvalue weighted by Crippen LogP contribution is 2.44. The van der Waals surface area contributed by atoms with Crippen LogP contribution in [0.4, 0.5) is 0 Å². The molecule has 0 amide bonds. The Kier molecular flexibility index (Phi) is 5.14. The Morgan fingerprint density at radius 2 is 2.24 bits per heavy atom. The molecule has 2 aromatic rings. The fourth-order valence-electron chi connectivity index (χ4n) is 3.13. The van der Waals surface area contributed by atoms with Gasteiger partial charge < -0.3 is 9.47 Å². The van der Waals surface area contributed by atoms with E-state index in [9.17, 15) is 9.59 Å². The molecule has 2 aromatic heterocycles. The largest absolute Gasteiger partial charge is 0.467 e. The van der Waals surface area contributed by atoms with E-state index in [-0.39, 0.29) is 23.5 Å². The van der Waals surface area contributed by atoms with Crippen molar-refractivity contribution in [2.45, 2.75) is 18.9 Å². The number of rotatable bonds is 5. The van der Waals surface area contributed by atoms with Gasteiger partial charge >= 0.3 is 11.9 Å². The van der Waals surface area contributed by atoms with Gasteiger partial charge in [0.1, 0.15) is 11.8 Å². The Balaban J connectivity index is 2.11. The molecule has 0 saturated carbocycles. The molecule has 0 aromatic carbocycles. The fourth-order valence-corrected chi connectivity index (χ4v) is 4.90. The number of carbonyl (C=O) groups excluding carboxylic acids is 2. The third kappa shape index (κ3) is 2.95. The number of fused-ring (bicyclic) bond motifs is 1. The van der Waals surface area contributed by atoms with Gasteiger partial charge in [0.2, 0.25) is 0 Å². The number of nitrogens with zero attached hydrogens (tertiary/aromatic N) is 4. The monoisotopic (exact) mass is 384 g/mol. The molecule has 2 atom stereocenters. The van der Waals surface area contributed by atoms with E-state index in [4.69, 9.17) is 21.1 Å². The van der Waals surface area contributed by atoms with Crippen LogP contribution >= 0.6 is 23.4 Å². The molecule has 10 heteroatoms. The second-order valence-corrected chi connectivity index (χ2v) is 6.98. The van der Waals surface area contributed by atoms with Crippen molar-refractivity contribution in [1.29, 1.82) is 0 Å². The number of hydrogen-bond acceptors (Lipinski definition) is 8. The standard InChI is InChI=1S/C15H17ClN4O4S/c1-3-24-10(21)4-9-5-25-6-15(9,14(22)23-2)20-8-19-11-12(16)17-7-18-13(11)20/h7-9H,3-6H2,1-2H3. The topological polar surface area (TPSA) is 96.2 Å². The summed E-state index contributed by atoms with van der Waals surface area (Å²) in [6.07, 6.45) is 2.93. The van der Waals surface area contributed by atoms with Crippen molar-refractivity contribution >= 4 is 46.5 Å². The minimum absolute atomic E-state index is 0.106. The highest BCUT2D eigenvalue weighted by Gasteiger charge is 2.54. The summed E-state index contributed by atoms with van der Waals surface area (Å²) in [5.41, 5.74) is -0.264. The van der Waals surface area contributed by atoms with Crippen LogP contribution in [0.5, 0.6) is 0 Å². The van der Waals surface area contributed by atoms with Gasteiger partial charge in [-0.15, -0.1) is 0 Å². The average Bonchev–Trinajstić information content (AvgIpc) is 3.20. The maximum Gasteiger partial charge on any atom is 0.333 e. The van der Waals surface area contributed by atoms with Crippen molar-refractivity contribution in [3.05, 3.63) is 17.8 Å². The van der Waals surface area contributed by atoms with Crippen molar-refractivity contribution in [1.82, 2.24) is 19.5 Å². The highest BCUT2D eigenvalue weighted by atomic mass is 35.5. The van der Waals surface area contributed by atoms with Gasteiger partial charge in [0.25, 0.3) is 0 Å². The van der Waals surface area contributed by atoms with Crippen LogP contribution in [0, 0.1) is 5.92 Å². The van der Waals surface area contributed by atoms with Crippen molar-refractivity contribution in [3.63, 3.8) is 0 Å². The molecular weight excluding hydrogens is 368 g/mol. The molecule has 0 N–H and O–H groups in total. The molecule has 134 valence electrons. The number of halogens is 1. The third-order valence-corrected chi connectivity index (χ3v) is 5.85. The van der Waals surface area contributed by atoms with E-state index in [1.807, 2.05) is 0 Å². The molecule has 0 spiro atoms. The molecule has 0 radical (unpaired) electrons. The van der Waals surface area contributed by atoms with Crippen LogP contribution in [0.2, 0.25) is 5.15 Å². The number of carbonyl (C=O) groups is 2. The van der Waals surface area contributed by atoms with E-state index in [1.165, 1.54) is 19.8 Å². The number of ether oxygens (including phenoxy) is 2. The number of methoxy groups -OCH3 is 1. The number of hydrogen-bond donors (Lipinski definition) is 0. The fraction of sp³-hybridized carbons (Fsp3) is 0.533. The molecule has 1 saturated heterocycles. The van der Waals surface area contributed by atoms with E-state index in [1.54, 1.807) is 23.3 Å². The second-order valence-electron chi connectivity index (χ2n) is 5.59. The molecule has 8 nitrogen and oxygen atoms in total. The summed E-state index contributed by atoms with van der Waals surface area (Å²) in [7, 11) is 1.33. The summed E-state index contributed by atoms with van der Waals surface area (Å²) < 4.78 is 11.8. The van der Waals surface area contributed by atoms with Crippen LogP contribution in [0.1, 0.15) is 13.3 Å². The van der Waals surface area contributed by atoms with Gasteiger partial charge in [0, 0.05) is 11.7 Å². The molecular formula is C15H17ClN4O4S. The Morgan fingerprint density at radius 1 is 1.44 bits per heavy atom. The molecule has 2 unspecified atom stereocenters. The lowest BCUT2D eigenvalue weighted by molar-refractivity contribution is -0.154.